The summed E-state index contributed by atoms with van der Waals surface area (Å²) in [6.07, 6.45) is 4.90. The van der Waals surface area contributed by atoms with Crippen molar-refractivity contribution in [3.8, 4) is 28.6 Å². The summed E-state index contributed by atoms with van der Waals surface area (Å²) >= 11 is 0. The Morgan fingerprint density at radius 1 is 1.00 bits per heavy atom. The molecule has 1 N–H and O–H groups in total. The highest BCUT2D eigenvalue weighted by molar-refractivity contribution is 6.08. The van der Waals surface area contributed by atoms with Gasteiger partial charge in [0.2, 0.25) is 11.5 Å². The summed E-state index contributed by atoms with van der Waals surface area (Å²) in [6, 6.07) is 6.83. The molecule has 0 radical (unpaired) electrons. The van der Waals surface area contributed by atoms with Gasteiger partial charge in [-0.2, -0.15) is 0 Å². The van der Waals surface area contributed by atoms with E-state index in [1.165, 1.54) is 21.3 Å². The van der Waals surface area contributed by atoms with Crippen molar-refractivity contribution in [3.63, 3.8) is 0 Å². The van der Waals surface area contributed by atoms with Gasteiger partial charge in [-0.05, 0) is 24.3 Å². The minimum atomic E-state index is -0.254. The minimum Gasteiger partial charge on any atom is -0.493 e. The number of nitrogens with zero attached hydrogens (tertiary/aromatic N) is 2. The molecule has 0 unspecified atom stereocenters. The SMILES string of the molecule is COc1cc(C(=O)c2c[nH]c(-c3ccncc3)n2)cc(OC)c1OC. The fourth-order valence-corrected chi connectivity index (χ4v) is 2.46. The maximum Gasteiger partial charge on any atom is 0.213 e. The van der Waals surface area contributed by atoms with Gasteiger partial charge < -0.3 is 19.2 Å². The van der Waals surface area contributed by atoms with Gasteiger partial charge in [0, 0.05) is 29.7 Å². The number of aromatic amines is 1. The molecular formula is C18H17N3O4. The van der Waals surface area contributed by atoms with Crippen LogP contribution in [0.4, 0.5) is 0 Å². The molecule has 2 heterocycles. The molecule has 0 fully saturated rings. The van der Waals surface area contributed by atoms with Crippen LogP contribution in [-0.2, 0) is 0 Å². The van der Waals surface area contributed by atoms with E-state index >= 15 is 0 Å². The number of hydrogen-bond donors (Lipinski definition) is 1. The average molecular weight is 339 g/mol. The van der Waals surface area contributed by atoms with Crippen LogP contribution >= 0.6 is 0 Å². The Bertz CT molecular complexity index is 865. The molecule has 7 nitrogen and oxygen atoms in total. The Hall–Kier alpha value is -3.35. The molecule has 0 aliphatic heterocycles. The lowest BCUT2D eigenvalue weighted by atomic mass is 10.1. The summed E-state index contributed by atoms with van der Waals surface area (Å²) in [5.74, 6) is 1.60. The molecule has 0 saturated heterocycles. The van der Waals surface area contributed by atoms with Crippen LogP contribution in [0, 0.1) is 0 Å². The maximum absolute atomic E-state index is 12.8. The number of rotatable bonds is 6. The van der Waals surface area contributed by atoms with Crippen LogP contribution in [0.5, 0.6) is 17.2 Å². The van der Waals surface area contributed by atoms with E-state index in [1.807, 2.05) is 12.1 Å². The van der Waals surface area contributed by atoms with Crippen LogP contribution in [0.1, 0.15) is 16.1 Å². The van der Waals surface area contributed by atoms with Gasteiger partial charge in [-0.3, -0.25) is 9.78 Å². The summed E-state index contributed by atoms with van der Waals surface area (Å²) in [5.41, 5.74) is 1.53. The lowest BCUT2D eigenvalue weighted by Crippen LogP contribution is -2.04. The number of nitrogens with one attached hydrogen (secondary N) is 1. The fourth-order valence-electron chi connectivity index (χ4n) is 2.46. The molecule has 128 valence electrons. The number of benzene rings is 1. The number of aromatic nitrogens is 3. The standard InChI is InChI=1S/C18H17N3O4/c1-23-14-8-12(9-15(24-2)17(14)25-3)16(22)13-10-20-18(21-13)11-4-6-19-7-5-11/h4-10H,1-3H3,(H,20,21). The highest BCUT2D eigenvalue weighted by Gasteiger charge is 2.20. The van der Waals surface area contributed by atoms with E-state index < -0.39 is 0 Å². The number of pyridine rings is 1. The van der Waals surface area contributed by atoms with Gasteiger partial charge >= 0.3 is 0 Å². The Balaban J connectivity index is 1.97. The van der Waals surface area contributed by atoms with E-state index in [1.54, 1.807) is 30.7 Å². The fraction of sp³-hybridized carbons (Fsp3) is 0.167. The first-order valence-corrected chi connectivity index (χ1v) is 7.48. The third kappa shape index (κ3) is 3.16. The predicted molar refractivity (Wildman–Crippen MR) is 91.3 cm³/mol. The highest BCUT2D eigenvalue weighted by atomic mass is 16.5. The molecule has 0 amide bonds. The zero-order valence-electron chi connectivity index (χ0n) is 14.1. The number of imidazole rings is 1. The number of ether oxygens (including phenoxy) is 3. The van der Waals surface area contributed by atoms with E-state index in [2.05, 4.69) is 15.0 Å². The van der Waals surface area contributed by atoms with E-state index in [9.17, 15) is 4.79 Å². The van der Waals surface area contributed by atoms with Crippen LogP contribution in [0.3, 0.4) is 0 Å². The zero-order chi connectivity index (χ0) is 17.8. The summed E-state index contributed by atoms with van der Waals surface area (Å²) in [4.78, 5) is 24.1. The van der Waals surface area contributed by atoms with Crippen molar-refractivity contribution in [3.05, 3.63) is 54.1 Å². The van der Waals surface area contributed by atoms with Crippen molar-refractivity contribution in [1.82, 2.24) is 15.0 Å². The maximum atomic E-state index is 12.8. The molecule has 1 aromatic carbocycles. The number of carbonyl (C=O) groups is 1. The van der Waals surface area contributed by atoms with E-state index in [0.717, 1.165) is 5.56 Å². The Labute approximate surface area is 144 Å². The van der Waals surface area contributed by atoms with E-state index in [-0.39, 0.29) is 5.78 Å². The molecule has 0 bridgehead atoms. The topological polar surface area (TPSA) is 86.3 Å². The molecular weight excluding hydrogens is 322 g/mol. The molecule has 2 aromatic heterocycles. The smallest absolute Gasteiger partial charge is 0.213 e. The number of methoxy groups -OCH3 is 3. The van der Waals surface area contributed by atoms with Crippen molar-refractivity contribution < 1.29 is 19.0 Å². The van der Waals surface area contributed by atoms with Crippen LogP contribution in [-0.4, -0.2) is 42.1 Å². The molecule has 0 saturated carbocycles. The second-order valence-corrected chi connectivity index (χ2v) is 5.11. The third-order valence-electron chi connectivity index (χ3n) is 3.69. The molecule has 0 aliphatic rings. The Morgan fingerprint density at radius 3 is 2.20 bits per heavy atom. The van der Waals surface area contributed by atoms with Crippen LogP contribution in [0.15, 0.2) is 42.9 Å². The Kier molecular flexibility index (Phi) is 4.65. The first-order chi connectivity index (χ1) is 12.2. The summed E-state index contributed by atoms with van der Waals surface area (Å²) in [6.45, 7) is 0. The molecule has 3 rings (SSSR count). The van der Waals surface area contributed by atoms with Gasteiger partial charge in [-0.15, -0.1) is 0 Å². The van der Waals surface area contributed by atoms with Crippen molar-refractivity contribution in [1.29, 1.82) is 0 Å². The monoisotopic (exact) mass is 339 g/mol. The van der Waals surface area contributed by atoms with Gasteiger partial charge in [-0.25, -0.2) is 4.98 Å². The lowest BCUT2D eigenvalue weighted by molar-refractivity contribution is 0.103. The summed E-state index contributed by atoms with van der Waals surface area (Å²) in [5, 5.41) is 0. The van der Waals surface area contributed by atoms with E-state index in [4.69, 9.17) is 14.2 Å². The largest absolute Gasteiger partial charge is 0.493 e. The molecule has 3 aromatic rings. The average Bonchev–Trinajstić information content (AvgIpc) is 3.17. The highest BCUT2D eigenvalue weighted by Crippen LogP contribution is 2.38. The van der Waals surface area contributed by atoms with Crippen molar-refractivity contribution in [2.75, 3.05) is 21.3 Å². The number of hydrogen-bond acceptors (Lipinski definition) is 6. The second-order valence-electron chi connectivity index (χ2n) is 5.11. The van der Waals surface area contributed by atoms with Crippen LogP contribution in [0.2, 0.25) is 0 Å². The predicted octanol–water partition coefficient (Wildman–Crippen LogP) is 2.73. The zero-order valence-corrected chi connectivity index (χ0v) is 14.1. The van der Waals surface area contributed by atoms with Crippen molar-refractivity contribution in [2.45, 2.75) is 0 Å². The quantitative estimate of drug-likeness (QED) is 0.695. The number of carbonyl (C=O) groups excluding carboxylic acids is 1. The first-order valence-electron chi connectivity index (χ1n) is 7.48. The number of H-pyrrole nitrogens is 1. The normalized spacial score (nSPS) is 10.4. The minimum absolute atomic E-state index is 0.254. The summed E-state index contributed by atoms with van der Waals surface area (Å²) < 4.78 is 15.8. The van der Waals surface area contributed by atoms with Gasteiger partial charge in [-0.1, -0.05) is 0 Å². The lowest BCUT2D eigenvalue weighted by Gasteiger charge is -2.13. The van der Waals surface area contributed by atoms with Gasteiger partial charge in [0.1, 0.15) is 11.5 Å². The molecule has 0 aliphatic carbocycles. The molecule has 0 spiro atoms. The van der Waals surface area contributed by atoms with Crippen LogP contribution < -0.4 is 14.2 Å². The number of ketones is 1. The second kappa shape index (κ2) is 7.04. The molecule has 0 atom stereocenters. The molecule has 7 heteroatoms. The van der Waals surface area contributed by atoms with Crippen molar-refractivity contribution >= 4 is 5.78 Å². The van der Waals surface area contributed by atoms with Gasteiger partial charge in [0.15, 0.2) is 11.5 Å². The summed E-state index contributed by atoms with van der Waals surface area (Å²) in [7, 11) is 4.51. The Morgan fingerprint density at radius 2 is 1.64 bits per heavy atom. The van der Waals surface area contributed by atoms with Gasteiger partial charge in [0.25, 0.3) is 0 Å². The van der Waals surface area contributed by atoms with Crippen molar-refractivity contribution in [2.24, 2.45) is 0 Å². The third-order valence-corrected chi connectivity index (χ3v) is 3.69. The van der Waals surface area contributed by atoms with E-state index in [0.29, 0.717) is 34.3 Å². The van der Waals surface area contributed by atoms with Crippen LogP contribution in [0.25, 0.3) is 11.4 Å². The first kappa shape index (κ1) is 16.5. The van der Waals surface area contributed by atoms with Gasteiger partial charge in [0.05, 0.1) is 21.3 Å². The molecule has 25 heavy (non-hydrogen) atoms.